The number of hydrogen-bond donors (Lipinski definition) is 2. The van der Waals surface area contributed by atoms with E-state index in [0.717, 1.165) is 6.26 Å². The minimum Gasteiger partial charge on any atom is -0.494 e. The molecule has 3 N–H and O–H groups in total. The third kappa shape index (κ3) is 5.54. The summed E-state index contributed by atoms with van der Waals surface area (Å²) in [6.07, 6.45) is 3.47. The molecule has 0 radical (unpaired) electrons. The fraction of sp³-hybridized carbons (Fsp3) is 0.250. The second-order valence-corrected chi connectivity index (χ2v) is 7.23. The topological polar surface area (TPSA) is 111 Å². The molecule has 0 saturated carbocycles. The average Bonchev–Trinajstić information content (AvgIpc) is 2.53. The van der Waals surface area contributed by atoms with Crippen LogP contribution in [0.5, 0.6) is 5.75 Å². The second-order valence-electron chi connectivity index (χ2n) is 5.22. The molecular formula is C16H19N3O4S. The summed E-state index contributed by atoms with van der Waals surface area (Å²) in [5.74, 6) is 0.812. The number of ether oxygens (including phenoxy) is 1. The molecule has 128 valence electrons. The maximum atomic E-state index is 11.8. The molecule has 1 aromatic heterocycles. The van der Waals surface area contributed by atoms with Crippen molar-refractivity contribution in [2.75, 3.05) is 23.9 Å². The molecule has 0 saturated heterocycles. The number of nitrogen functional groups attached to an aromatic ring is 1. The largest absolute Gasteiger partial charge is 0.494 e. The molecule has 0 atom stereocenters. The van der Waals surface area contributed by atoms with Gasteiger partial charge in [0, 0.05) is 12.7 Å². The van der Waals surface area contributed by atoms with Gasteiger partial charge >= 0.3 is 0 Å². The summed E-state index contributed by atoms with van der Waals surface area (Å²) in [6.45, 7) is 0.353. The summed E-state index contributed by atoms with van der Waals surface area (Å²) in [6, 6.07) is 9.46. The third-order valence-corrected chi connectivity index (χ3v) is 4.27. The maximum Gasteiger partial charge on any atom is 0.224 e. The lowest BCUT2D eigenvalue weighted by atomic mass is 10.3. The smallest absolute Gasteiger partial charge is 0.224 e. The van der Waals surface area contributed by atoms with Crippen LogP contribution in [0, 0.1) is 0 Å². The molecule has 0 unspecified atom stereocenters. The summed E-state index contributed by atoms with van der Waals surface area (Å²) in [7, 11) is -3.21. The fourth-order valence-corrected chi connectivity index (χ4v) is 2.54. The highest BCUT2D eigenvalue weighted by atomic mass is 32.2. The molecule has 0 fully saturated rings. The van der Waals surface area contributed by atoms with Crippen molar-refractivity contribution in [3.63, 3.8) is 0 Å². The number of pyridine rings is 1. The van der Waals surface area contributed by atoms with E-state index in [4.69, 9.17) is 10.5 Å². The Balaban J connectivity index is 1.72. The number of sulfone groups is 1. The highest BCUT2D eigenvalue weighted by Crippen LogP contribution is 2.16. The van der Waals surface area contributed by atoms with Gasteiger partial charge in [0.05, 0.1) is 23.4 Å². The number of aromatic nitrogens is 1. The van der Waals surface area contributed by atoms with Gasteiger partial charge in [-0.1, -0.05) is 0 Å². The van der Waals surface area contributed by atoms with Gasteiger partial charge in [-0.15, -0.1) is 0 Å². The Kier molecular flexibility index (Phi) is 5.75. The van der Waals surface area contributed by atoms with Gasteiger partial charge in [-0.3, -0.25) is 4.79 Å². The number of nitrogens with one attached hydrogen (secondary N) is 1. The standard InChI is InChI=1S/C16H19N3O4S/c1-24(21,22)14-7-5-13(6-8-14)23-10-2-3-16(20)19-12-4-9-15(17)18-11-12/h4-9,11H,2-3,10H2,1H3,(H2,17,18)(H,19,20). The molecule has 8 heteroatoms. The summed E-state index contributed by atoms with van der Waals surface area (Å²) in [5, 5.41) is 2.71. The van der Waals surface area contributed by atoms with E-state index in [9.17, 15) is 13.2 Å². The van der Waals surface area contributed by atoms with Gasteiger partial charge in [0.25, 0.3) is 0 Å². The van der Waals surface area contributed by atoms with Gasteiger partial charge in [-0.25, -0.2) is 13.4 Å². The Morgan fingerprint density at radius 2 is 1.92 bits per heavy atom. The predicted molar refractivity (Wildman–Crippen MR) is 91.6 cm³/mol. The van der Waals surface area contributed by atoms with E-state index in [0.29, 0.717) is 36.7 Å². The van der Waals surface area contributed by atoms with Crippen molar-refractivity contribution in [2.45, 2.75) is 17.7 Å². The minimum absolute atomic E-state index is 0.141. The van der Waals surface area contributed by atoms with Crippen molar-refractivity contribution in [3.8, 4) is 5.75 Å². The number of carbonyl (C=O) groups is 1. The zero-order valence-electron chi connectivity index (χ0n) is 13.2. The molecule has 0 aliphatic carbocycles. The van der Waals surface area contributed by atoms with Gasteiger partial charge in [-0.2, -0.15) is 0 Å². The molecule has 0 spiro atoms. The quantitative estimate of drug-likeness (QED) is 0.738. The molecule has 2 aromatic rings. The summed E-state index contributed by atoms with van der Waals surface area (Å²) < 4.78 is 28.2. The molecule has 0 bridgehead atoms. The Morgan fingerprint density at radius 1 is 1.21 bits per heavy atom. The van der Waals surface area contributed by atoms with Crippen molar-refractivity contribution < 1.29 is 17.9 Å². The molecule has 1 aromatic carbocycles. The average molecular weight is 349 g/mol. The first-order valence-electron chi connectivity index (χ1n) is 7.29. The van der Waals surface area contributed by atoms with Crippen molar-refractivity contribution in [1.29, 1.82) is 0 Å². The molecule has 0 aliphatic rings. The maximum absolute atomic E-state index is 11.8. The number of anilines is 2. The van der Waals surface area contributed by atoms with Crippen molar-refractivity contribution in [2.24, 2.45) is 0 Å². The molecule has 7 nitrogen and oxygen atoms in total. The van der Waals surface area contributed by atoms with Crippen LogP contribution in [0.4, 0.5) is 11.5 Å². The van der Waals surface area contributed by atoms with E-state index >= 15 is 0 Å². The Morgan fingerprint density at radius 3 is 2.50 bits per heavy atom. The van der Waals surface area contributed by atoms with Crippen LogP contribution in [0.25, 0.3) is 0 Å². The SMILES string of the molecule is CS(=O)(=O)c1ccc(OCCCC(=O)Nc2ccc(N)nc2)cc1. The van der Waals surface area contributed by atoms with Crippen LogP contribution in [-0.4, -0.2) is 32.2 Å². The van der Waals surface area contributed by atoms with Gasteiger partial charge < -0.3 is 15.8 Å². The third-order valence-electron chi connectivity index (χ3n) is 3.14. The minimum atomic E-state index is -3.21. The molecule has 1 amide bonds. The lowest BCUT2D eigenvalue weighted by Gasteiger charge is -2.07. The fourth-order valence-electron chi connectivity index (χ4n) is 1.91. The number of carbonyl (C=O) groups excluding carboxylic acids is 1. The Bertz CT molecular complexity index is 787. The van der Waals surface area contributed by atoms with E-state index in [2.05, 4.69) is 10.3 Å². The Labute approximate surface area is 140 Å². The molecule has 0 aliphatic heterocycles. The van der Waals surface area contributed by atoms with Crippen molar-refractivity contribution >= 4 is 27.2 Å². The number of hydrogen-bond acceptors (Lipinski definition) is 6. The van der Waals surface area contributed by atoms with Crippen LogP contribution < -0.4 is 15.8 Å². The first-order valence-corrected chi connectivity index (χ1v) is 9.18. The lowest BCUT2D eigenvalue weighted by Crippen LogP contribution is -2.13. The molecule has 1 heterocycles. The van der Waals surface area contributed by atoms with Gasteiger partial charge in [0.1, 0.15) is 11.6 Å². The predicted octanol–water partition coefficient (Wildman–Crippen LogP) is 1.86. The molecule has 24 heavy (non-hydrogen) atoms. The van der Waals surface area contributed by atoms with Crippen LogP contribution >= 0.6 is 0 Å². The second kappa shape index (κ2) is 7.78. The normalized spacial score (nSPS) is 11.0. The highest BCUT2D eigenvalue weighted by molar-refractivity contribution is 7.90. The van der Waals surface area contributed by atoms with Crippen LogP contribution in [0.2, 0.25) is 0 Å². The van der Waals surface area contributed by atoms with Gasteiger partial charge in [-0.05, 0) is 42.8 Å². The highest BCUT2D eigenvalue weighted by Gasteiger charge is 2.07. The van der Waals surface area contributed by atoms with Gasteiger partial charge in [0.15, 0.2) is 9.84 Å². The zero-order valence-corrected chi connectivity index (χ0v) is 14.0. The summed E-state index contributed by atoms with van der Waals surface area (Å²) in [5.41, 5.74) is 6.06. The van der Waals surface area contributed by atoms with Crippen molar-refractivity contribution in [1.82, 2.24) is 4.98 Å². The van der Waals surface area contributed by atoms with Crippen molar-refractivity contribution in [3.05, 3.63) is 42.6 Å². The summed E-state index contributed by atoms with van der Waals surface area (Å²) in [4.78, 5) is 15.9. The number of nitrogens with zero attached hydrogens (tertiary/aromatic N) is 1. The van der Waals surface area contributed by atoms with E-state index in [1.54, 1.807) is 24.3 Å². The van der Waals surface area contributed by atoms with E-state index in [-0.39, 0.29) is 10.8 Å². The van der Waals surface area contributed by atoms with E-state index < -0.39 is 9.84 Å². The first kappa shape index (κ1) is 17.7. The monoisotopic (exact) mass is 349 g/mol. The van der Waals surface area contributed by atoms with Gasteiger partial charge in [0.2, 0.25) is 5.91 Å². The number of benzene rings is 1. The number of nitrogens with two attached hydrogens (primary N) is 1. The molecule has 2 rings (SSSR count). The van der Waals surface area contributed by atoms with E-state index in [1.165, 1.54) is 18.3 Å². The number of amides is 1. The molecular weight excluding hydrogens is 330 g/mol. The first-order chi connectivity index (χ1) is 11.3. The van der Waals surface area contributed by atoms with Crippen LogP contribution in [-0.2, 0) is 14.6 Å². The number of rotatable bonds is 7. The van der Waals surface area contributed by atoms with Crippen LogP contribution in [0.1, 0.15) is 12.8 Å². The van der Waals surface area contributed by atoms with Crippen LogP contribution in [0.3, 0.4) is 0 Å². The lowest BCUT2D eigenvalue weighted by molar-refractivity contribution is -0.116. The van der Waals surface area contributed by atoms with Crippen LogP contribution in [0.15, 0.2) is 47.5 Å². The summed E-state index contributed by atoms with van der Waals surface area (Å²) >= 11 is 0. The van der Waals surface area contributed by atoms with E-state index in [1.807, 2.05) is 0 Å². The Hall–Kier alpha value is -2.61. The zero-order chi connectivity index (χ0) is 17.6.